The van der Waals surface area contributed by atoms with Crippen LogP contribution in [0.15, 0.2) is 29.2 Å². The highest BCUT2D eigenvalue weighted by Gasteiger charge is 2.31. The lowest BCUT2D eigenvalue weighted by Gasteiger charge is -2.16. The molecule has 1 heterocycles. The SMILES string of the molecule is COCCS(=O)(=O)c1ccc(C(=O)N2CCC(C(=O)O)C2)cc1. The third-order valence-corrected chi connectivity index (χ3v) is 5.54. The summed E-state index contributed by atoms with van der Waals surface area (Å²) in [4.78, 5) is 24.9. The van der Waals surface area contributed by atoms with Crippen molar-refractivity contribution in [3.63, 3.8) is 0 Å². The molecule has 1 atom stereocenters. The number of likely N-dealkylation sites (tertiary alicyclic amines) is 1. The first kappa shape index (κ1) is 17.4. The highest BCUT2D eigenvalue weighted by atomic mass is 32.2. The lowest BCUT2D eigenvalue weighted by molar-refractivity contribution is -0.141. The van der Waals surface area contributed by atoms with E-state index in [2.05, 4.69) is 0 Å². The number of aliphatic carboxylic acids is 1. The molecule has 0 aliphatic carbocycles. The van der Waals surface area contributed by atoms with Crippen LogP contribution in [0.4, 0.5) is 0 Å². The Balaban J connectivity index is 2.08. The lowest BCUT2D eigenvalue weighted by atomic mass is 10.1. The molecule has 1 amide bonds. The van der Waals surface area contributed by atoms with Crippen LogP contribution in [0, 0.1) is 5.92 Å². The molecule has 0 radical (unpaired) electrons. The van der Waals surface area contributed by atoms with Gasteiger partial charge in [0.15, 0.2) is 9.84 Å². The Kier molecular flexibility index (Phi) is 5.38. The molecule has 1 N–H and O–H groups in total. The second-order valence-corrected chi connectivity index (χ2v) is 7.52. The summed E-state index contributed by atoms with van der Waals surface area (Å²) in [5, 5.41) is 8.97. The van der Waals surface area contributed by atoms with Gasteiger partial charge in [-0.3, -0.25) is 9.59 Å². The predicted molar refractivity (Wildman–Crippen MR) is 82.0 cm³/mol. The fourth-order valence-electron chi connectivity index (χ4n) is 2.44. The first-order valence-electron chi connectivity index (χ1n) is 7.19. The summed E-state index contributed by atoms with van der Waals surface area (Å²) in [6, 6.07) is 5.69. The third-order valence-electron chi connectivity index (χ3n) is 3.84. The molecule has 8 heteroatoms. The number of carboxylic acids is 1. The summed E-state index contributed by atoms with van der Waals surface area (Å²) >= 11 is 0. The molecule has 23 heavy (non-hydrogen) atoms. The van der Waals surface area contributed by atoms with Crippen molar-refractivity contribution < 1.29 is 27.9 Å². The van der Waals surface area contributed by atoms with Crippen LogP contribution in [0.25, 0.3) is 0 Å². The lowest BCUT2D eigenvalue weighted by Crippen LogP contribution is -2.29. The molecule has 1 fully saturated rings. The minimum atomic E-state index is -3.43. The van der Waals surface area contributed by atoms with Gasteiger partial charge in [0.2, 0.25) is 0 Å². The highest BCUT2D eigenvalue weighted by molar-refractivity contribution is 7.91. The third kappa shape index (κ3) is 4.08. The summed E-state index contributed by atoms with van der Waals surface area (Å²) in [6.45, 7) is 0.680. The van der Waals surface area contributed by atoms with Gasteiger partial charge < -0.3 is 14.7 Å². The predicted octanol–water partition coefficient (Wildman–Crippen LogP) is 0.653. The van der Waals surface area contributed by atoms with E-state index in [-0.39, 0.29) is 29.7 Å². The van der Waals surface area contributed by atoms with Gasteiger partial charge in [0.05, 0.1) is 23.2 Å². The Hall–Kier alpha value is -1.93. The largest absolute Gasteiger partial charge is 0.481 e. The summed E-state index contributed by atoms with van der Waals surface area (Å²) in [5.41, 5.74) is 0.349. The van der Waals surface area contributed by atoms with E-state index in [9.17, 15) is 18.0 Å². The summed E-state index contributed by atoms with van der Waals surface area (Å²) in [5.74, 6) is -1.84. The van der Waals surface area contributed by atoms with Crippen LogP contribution in [0.3, 0.4) is 0 Å². The van der Waals surface area contributed by atoms with Crippen LogP contribution < -0.4 is 0 Å². The molecule has 1 aliphatic heterocycles. The quantitative estimate of drug-likeness (QED) is 0.815. The van der Waals surface area contributed by atoms with Crippen LogP contribution >= 0.6 is 0 Å². The van der Waals surface area contributed by atoms with E-state index >= 15 is 0 Å². The van der Waals surface area contributed by atoms with Crippen LogP contribution in [0.2, 0.25) is 0 Å². The first-order valence-corrected chi connectivity index (χ1v) is 8.84. The van der Waals surface area contributed by atoms with E-state index in [1.807, 2.05) is 0 Å². The van der Waals surface area contributed by atoms with Crippen molar-refractivity contribution in [2.75, 3.05) is 32.6 Å². The van der Waals surface area contributed by atoms with Crippen molar-refractivity contribution in [1.29, 1.82) is 0 Å². The molecule has 126 valence electrons. The van der Waals surface area contributed by atoms with Crippen molar-refractivity contribution in [3.05, 3.63) is 29.8 Å². The Morgan fingerprint density at radius 3 is 2.48 bits per heavy atom. The summed E-state index contributed by atoms with van der Waals surface area (Å²) < 4.78 is 28.8. The van der Waals surface area contributed by atoms with Gasteiger partial charge in [-0.25, -0.2) is 8.42 Å². The molecule has 0 aromatic heterocycles. The van der Waals surface area contributed by atoms with Crippen LogP contribution in [-0.2, 0) is 19.4 Å². The van der Waals surface area contributed by atoms with Crippen molar-refractivity contribution >= 4 is 21.7 Å². The second kappa shape index (κ2) is 7.10. The zero-order valence-electron chi connectivity index (χ0n) is 12.8. The maximum atomic E-state index is 12.3. The molecule has 2 rings (SSSR count). The van der Waals surface area contributed by atoms with Gasteiger partial charge in [0.25, 0.3) is 5.91 Å². The molecule has 1 unspecified atom stereocenters. The van der Waals surface area contributed by atoms with Gasteiger partial charge in [-0.2, -0.15) is 0 Å². The number of rotatable bonds is 6. The Labute approximate surface area is 134 Å². The maximum absolute atomic E-state index is 12.3. The maximum Gasteiger partial charge on any atom is 0.308 e. The molecule has 0 spiro atoms. The number of nitrogens with zero attached hydrogens (tertiary/aromatic N) is 1. The van der Waals surface area contributed by atoms with Crippen LogP contribution in [0.1, 0.15) is 16.8 Å². The normalized spacial score (nSPS) is 18.1. The molecule has 7 nitrogen and oxygen atoms in total. The summed E-state index contributed by atoms with van der Waals surface area (Å²) in [7, 11) is -2.00. The average molecular weight is 341 g/mol. The van der Waals surface area contributed by atoms with Crippen molar-refractivity contribution in [1.82, 2.24) is 4.90 Å². The van der Waals surface area contributed by atoms with E-state index in [0.29, 0.717) is 18.5 Å². The van der Waals surface area contributed by atoms with E-state index in [1.165, 1.54) is 36.3 Å². The first-order chi connectivity index (χ1) is 10.8. The van der Waals surface area contributed by atoms with Gasteiger partial charge in [-0.05, 0) is 30.7 Å². The number of ether oxygens (including phenoxy) is 1. The van der Waals surface area contributed by atoms with Crippen LogP contribution in [-0.4, -0.2) is 62.9 Å². The molecular formula is C15H19NO6S. The number of benzene rings is 1. The van der Waals surface area contributed by atoms with Gasteiger partial charge in [0, 0.05) is 25.8 Å². The number of methoxy groups -OCH3 is 1. The average Bonchev–Trinajstić information content (AvgIpc) is 3.02. The molecule has 0 saturated carbocycles. The molecule has 1 aromatic rings. The fraction of sp³-hybridized carbons (Fsp3) is 0.467. The van der Waals surface area contributed by atoms with Gasteiger partial charge in [-0.1, -0.05) is 0 Å². The number of carbonyl (C=O) groups is 2. The minimum absolute atomic E-state index is 0.105. The molecule has 1 saturated heterocycles. The highest BCUT2D eigenvalue weighted by Crippen LogP contribution is 2.20. The Morgan fingerprint density at radius 1 is 1.30 bits per heavy atom. The smallest absolute Gasteiger partial charge is 0.308 e. The van der Waals surface area contributed by atoms with Crippen molar-refractivity contribution in [3.8, 4) is 0 Å². The number of carbonyl (C=O) groups excluding carboxylic acids is 1. The van der Waals surface area contributed by atoms with E-state index < -0.39 is 21.7 Å². The Bertz CT molecular complexity index is 682. The monoisotopic (exact) mass is 341 g/mol. The zero-order valence-corrected chi connectivity index (χ0v) is 13.6. The van der Waals surface area contributed by atoms with E-state index in [1.54, 1.807) is 0 Å². The second-order valence-electron chi connectivity index (χ2n) is 5.41. The van der Waals surface area contributed by atoms with Crippen molar-refractivity contribution in [2.24, 2.45) is 5.92 Å². The van der Waals surface area contributed by atoms with Crippen LogP contribution in [0.5, 0.6) is 0 Å². The zero-order chi connectivity index (χ0) is 17.0. The molecule has 0 bridgehead atoms. The van der Waals surface area contributed by atoms with Gasteiger partial charge in [-0.15, -0.1) is 0 Å². The standard InChI is InChI=1S/C15H19NO6S/c1-22-8-9-23(20,21)13-4-2-11(3-5-13)14(17)16-7-6-12(10-16)15(18)19/h2-5,12H,6-10H2,1H3,(H,18,19). The van der Waals surface area contributed by atoms with E-state index in [4.69, 9.17) is 9.84 Å². The number of sulfone groups is 1. The van der Waals surface area contributed by atoms with E-state index in [0.717, 1.165) is 0 Å². The number of carboxylic acid groups (broad SMARTS) is 1. The Morgan fingerprint density at radius 2 is 1.96 bits per heavy atom. The summed E-state index contributed by atoms with van der Waals surface area (Å²) in [6.07, 6.45) is 0.435. The minimum Gasteiger partial charge on any atom is -0.481 e. The fourth-order valence-corrected chi connectivity index (χ4v) is 3.62. The number of amides is 1. The molecular weight excluding hydrogens is 322 g/mol. The molecule has 1 aromatic carbocycles. The number of hydrogen-bond acceptors (Lipinski definition) is 5. The van der Waals surface area contributed by atoms with Crippen molar-refractivity contribution in [2.45, 2.75) is 11.3 Å². The van der Waals surface area contributed by atoms with Gasteiger partial charge in [0.1, 0.15) is 0 Å². The topological polar surface area (TPSA) is 101 Å². The molecule has 1 aliphatic rings. The van der Waals surface area contributed by atoms with Gasteiger partial charge >= 0.3 is 5.97 Å². The number of hydrogen-bond donors (Lipinski definition) is 1.